The zero-order chi connectivity index (χ0) is 14.2. The zero-order valence-electron chi connectivity index (χ0n) is 10.1. The van der Waals surface area contributed by atoms with Crippen LogP contribution in [0.15, 0.2) is 22.7 Å². The van der Waals surface area contributed by atoms with Crippen molar-refractivity contribution in [2.24, 2.45) is 5.73 Å². The van der Waals surface area contributed by atoms with Crippen molar-refractivity contribution >= 4 is 50.6 Å². The highest BCUT2D eigenvalue weighted by atomic mass is 79.9. The Balaban J connectivity index is 2.36. The van der Waals surface area contributed by atoms with Crippen molar-refractivity contribution in [3.05, 3.63) is 28.2 Å². The molecule has 0 aromatic heterocycles. The van der Waals surface area contributed by atoms with E-state index < -0.39 is 6.04 Å². The molecule has 0 saturated carbocycles. The first-order valence-electron chi connectivity index (χ1n) is 5.60. The third kappa shape index (κ3) is 2.76. The number of hydrogen-bond acceptors (Lipinski definition) is 4. The molecule has 1 aromatic carbocycles. The van der Waals surface area contributed by atoms with E-state index in [1.165, 1.54) is 0 Å². The minimum atomic E-state index is -0.403. The van der Waals surface area contributed by atoms with Gasteiger partial charge in [0.1, 0.15) is 11.0 Å². The van der Waals surface area contributed by atoms with Crippen LogP contribution < -0.4 is 16.0 Å². The van der Waals surface area contributed by atoms with Crippen molar-refractivity contribution in [3.63, 3.8) is 0 Å². The Morgan fingerprint density at radius 3 is 2.79 bits per heavy atom. The lowest BCUT2D eigenvalue weighted by Crippen LogP contribution is -2.57. The van der Waals surface area contributed by atoms with E-state index in [-0.39, 0.29) is 18.4 Å². The summed E-state index contributed by atoms with van der Waals surface area (Å²) in [5.41, 5.74) is 7.07. The lowest BCUT2D eigenvalue weighted by atomic mass is 10.1. The van der Waals surface area contributed by atoms with Crippen molar-refractivity contribution in [2.45, 2.75) is 13.0 Å². The second-order valence-electron chi connectivity index (χ2n) is 4.24. The van der Waals surface area contributed by atoms with Gasteiger partial charge in [-0.2, -0.15) is 0 Å². The summed E-state index contributed by atoms with van der Waals surface area (Å²) in [6.45, 7) is 1.89. The Bertz CT molecular complexity index is 576. The monoisotopic (exact) mass is 341 g/mol. The van der Waals surface area contributed by atoms with Crippen molar-refractivity contribution in [3.8, 4) is 0 Å². The molecule has 0 spiro atoms. The van der Waals surface area contributed by atoms with E-state index in [2.05, 4.69) is 21.2 Å². The van der Waals surface area contributed by atoms with E-state index in [1.54, 1.807) is 30.0 Å². The number of anilines is 1. The fraction of sp³-hybridized carbons (Fsp3) is 0.250. The smallest absolute Gasteiger partial charge is 0.249 e. The van der Waals surface area contributed by atoms with Gasteiger partial charge in [0.2, 0.25) is 11.8 Å². The molecule has 2 rings (SSSR count). The summed E-state index contributed by atoms with van der Waals surface area (Å²) < 4.78 is 0.739. The topological polar surface area (TPSA) is 75.4 Å². The fourth-order valence-electron chi connectivity index (χ4n) is 1.91. The summed E-state index contributed by atoms with van der Waals surface area (Å²) in [5, 5.41) is 2.30. The largest absolute Gasteiger partial charge is 0.389 e. The van der Waals surface area contributed by atoms with Gasteiger partial charge in [-0.15, -0.1) is 0 Å². The summed E-state index contributed by atoms with van der Waals surface area (Å²) in [6.07, 6.45) is 0. The number of amides is 2. The Hall–Kier alpha value is -1.47. The van der Waals surface area contributed by atoms with Crippen LogP contribution in [-0.4, -0.2) is 29.4 Å². The van der Waals surface area contributed by atoms with Crippen molar-refractivity contribution < 1.29 is 9.59 Å². The molecule has 1 aliphatic rings. The third-order valence-electron chi connectivity index (χ3n) is 2.97. The number of halogens is 1. The lowest BCUT2D eigenvalue weighted by molar-refractivity contribution is -0.132. The molecule has 3 N–H and O–H groups in total. The Labute approximate surface area is 124 Å². The Morgan fingerprint density at radius 1 is 1.53 bits per heavy atom. The number of piperazine rings is 1. The molecule has 0 radical (unpaired) electrons. The average molecular weight is 342 g/mol. The van der Waals surface area contributed by atoms with Crippen molar-refractivity contribution in [1.82, 2.24) is 5.32 Å². The molecule has 1 heterocycles. The van der Waals surface area contributed by atoms with Gasteiger partial charge in [0.05, 0.1) is 6.54 Å². The summed E-state index contributed by atoms with van der Waals surface area (Å²) >= 11 is 8.31. The van der Waals surface area contributed by atoms with Crippen LogP contribution in [0.1, 0.15) is 12.5 Å². The molecule has 19 heavy (non-hydrogen) atoms. The summed E-state index contributed by atoms with van der Waals surface area (Å²) in [6, 6.07) is 4.96. The number of carbonyl (C=O) groups is 2. The van der Waals surface area contributed by atoms with Crippen LogP contribution in [0.3, 0.4) is 0 Å². The molecule has 1 unspecified atom stereocenters. The number of hydrogen-bond donors (Lipinski definition) is 2. The molecule has 7 heteroatoms. The van der Waals surface area contributed by atoms with Crippen LogP contribution in [0.2, 0.25) is 0 Å². The molecule has 1 aromatic rings. The summed E-state index contributed by atoms with van der Waals surface area (Å²) in [4.78, 5) is 25.1. The quantitative estimate of drug-likeness (QED) is 0.618. The number of carbonyl (C=O) groups excluding carboxylic acids is 2. The van der Waals surface area contributed by atoms with E-state index in [1.807, 2.05) is 0 Å². The first-order valence-corrected chi connectivity index (χ1v) is 6.80. The van der Waals surface area contributed by atoms with Crippen LogP contribution >= 0.6 is 28.1 Å². The molecular formula is C12H12BrN3O2S. The molecule has 2 amide bonds. The van der Waals surface area contributed by atoms with Crippen LogP contribution in [-0.2, 0) is 9.59 Å². The number of nitrogens with one attached hydrogen (secondary N) is 1. The van der Waals surface area contributed by atoms with Crippen LogP contribution in [0.5, 0.6) is 0 Å². The van der Waals surface area contributed by atoms with Gasteiger partial charge >= 0.3 is 0 Å². The minimum Gasteiger partial charge on any atom is -0.389 e. The number of imide groups is 1. The van der Waals surface area contributed by atoms with Gasteiger partial charge in [-0.3, -0.25) is 14.9 Å². The van der Waals surface area contributed by atoms with Gasteiger partial charge in [-0.25, -0.2) is 0 Å². The van der Waals surface area contributed by atoms with E-state index >= 15 is 0 Å². The maximum absolute atomic E-state index is 11.6. The number of rotatable bonds is 2. The Kier molecular flexibility index (Phi) is 3.86. The van der Waals surface area contributed by atoms with Crippen LogP contribution in [0, 0.1) is 0 Å². The minimum absolute atomic E-state index is 0.145. The normalized spacial score (nSPS) is 19.3. The number of benzene rings is 1. The SMILES string of the molecule is CC1C(=O)NC(=O)CN1c1ccc(C(N)=S)c(Br)c1. The molecule has 5 nitrogen and oxygen atoms in total. The predicted molar refractivity (Wildman–Crippen MR) is 80.0 cm³/mol. The highest BCUT2D eigenvalue weighted by molar-refractivity contribution is 9.10. The second kappa shape index (κ2) is 5.26. The molecule has 1 saturated heterocycles. The highest BCUT2D eigenvalue weighted by Gasteiger charge is 2.30. The maximum atomic E-state index is 11.6. The van der Waals surface area contributed by atoms with Crippen molar-refractivity contribution in [2.75, 3.05) is 11.4 Å². The first kappa shape index (κ1) is 14.0. The number of thiocarbonyl (C=S) groups is 1. The van der Waals surface area contributed by atoms with E-state index in [9.17, 15) is 9.59 Å². The molecular weight excluding hydrogens is 330 g/mol. The van der Waals surface area contributed by atoms with Gasteiger partial charge < -0.3 is 10.6 Å². The Morgan fingerprint density at radius 2 is 2.21 bits per heavy atom. The van der Waals surface area contributed by atoms with Gasteiger partial charge in [0.15, 0.2) is 0 Å². The van der Waals surface area contributed by atoms with Crippen molar-refractivity contribution in [1.29, 1.82) is 0 Å². The maximum Gasteiger partial charge on any atom is 0.249 e. The van der Waals surface area contributed by atoms with E-state index in [4.69, 9.17) is 18.0 Å². The highest BCUT2D eigenvalue weighted by Crippen LogP contribution is 2.26. The summed E-state index contributed by atoms with van der Waals surface area (Å²) in [5.74, 6) is -0.608. The third-order valence-corrected chi connectivity index (χ3v) is 3.85. The van der Waals surface area contributed by atoms with Crippen LogP contribution in [0.25, 0.3) is 0 Å². The molecule has 1 atom stereocenters. The number of nitrogens with two attached hydrogens (primary N) is 1. The first-order chi connectivity index (χ1) is 8.90. The van der Waals surface area contributed by atoms with E-state index in [0.717, 1.165) is 15.7 Å². The predicted octanol–water partition coefficient (Wildman–Crippen LogP) is 0.935. The molecule has 100 valence electrons. The summed E-state index contributed by atoms with van der Waals surface area (Å²) in [7, 11) is 0. The van der Waals surface area contributed by atoms with Gasteiger partial charge in [-0.05, 0) is 41.1 Å². The molecule has 0 aliphatic carbocycles. The van der Waals surface area contributed by atoms with Gasteiger partial charge in [0, 0.05) is 15.7 Å². The van der Waals surface area contributed by atoms with Gasteiger partial charge in [-0.1, -0.05) is 12.2 Å². The molecule has 0 bridgehead atoms. The molecule has 1 aliphatic heterocycles. The number of nitrogens with zero attached hydrogens (tertiary/aromatic N) is 1. The standard InChI is InChI=1S/C12H12BrN3O2S/c1-6-12(18)15-10(17)5-16(6)7-2-3-8(11(14)19)9(13)4-7/h2-4,6H,5H2,1H3,(H2,14,19)(H,15,17,18). The average Bonchev–Trinajstić information content (AvgIpc) is 2.33. The van der Waals surface area contributed by atoms with Gasteiger partial charge in [0.25, 0.3) is 0 Å². The lowest BCUT2D eigenvalue weighted by Gasteiger charge is -2.33. The molecule has 1 fully saturated rings. The fourth-order valence-corrected chi connectivity index (χ4v) is 2.80. The van der Waals surface area contributed by atoms with Crippen LogP contribution in [0.4, 0.5) is 5.69 Å². The zero-order valence-corrected chi connectivity index (χ0v) is 12.5. The second-order valence-corrected chi connectivity index (χ2v) is 5.54. The van der Waals surface area contributed by atoms with E-state index in [0.29, 0.717) is 4.99 Å².